The highest BCUT2D eigenvalue weighted by Gasteiger charge is 2.51. The lowest BCUT2D eigenvalue weighted by atomic mass is 9.79. The number of hydrogen-bond donors (Lipinski definition) is 0. The molecule has 0 spiro atoms. The summed E-state index contributed by atoms with van der Waals surface area (Å²) in [6, 6.07) is 6.96. The molecule has 1 aromatic rings. The summed E-state index contributed by atoms with van der Waals surface area (Å²) in [5.74, 6) is 0. The van der Waals surface area contributed by atoms with Crippen LogP contribution in [0.4, 0.5) is 0 Å². The van der Waals surface area contributed by atoms with Crippen LogP contribution in [0.2, 0.25) is 0 Å². The van der Waals surface area contributed by atoms with Crippen molar-refractivity contribution >= 4 is 22.6 Å². The van der Waals surface area contributed by atoms with Gasteiger partial charge in [0.05, 0.1) is 16.1 Å². The molecular formula is C17H26BNO4S. The van der Waals surface area contributed by atoms with Gasteiger partial charge < -0.3 is 9.31 Å². The molecule has 0 aromatic heterocycles. The van der Waals surface area contributed by atoms with E-state index in [1.807, 2.05) is 33.8 Å². The smallest absolute Gasteiger partial charge is 0.399 e. The third-order valence-corrected chi connectivity index (χ3v) is 7.23. The van der Waals surface area contributed by atoms with Gasteiger partial charge in [-0.05, 0) is 58.1 Å². The first-order valence-electron chi connectivity index (χ1n) is 8.59. The first-order valence-corrected chi connectivity index (χ1v) is 10.0. The van der Waals surface area contributed by atoms with Crippen LogP contribution in [0.15, 0.2) is 29.2 Å². The standard InChI is InChI=1S/C17H26BNO4S/c1-16(2)17(3,4)23-18(22-16)14-9-8-10-15(13-14)24(20,21)19-11-6-5-7-12-19/h8-10,13H,5-7,11-12H2,1-4H3. The molecule has 0 atom stereocenters. The predicted molar refractivity (Wildman–Crippen MR) is 94.8 cm³/mol. The maximum Gasteiger partial charge on any atom is 0.494 e. The Morgan fingerprint density at radius 1 is 1.00 bits per heavy atom. The van der Waals surface area contributed by atoms with E-state index in [-0.39, 0.29) is 0 Å². The molecule has 5 nitrogen and oxygen atoms in total. The van der Waals surface area contributed by atoms with Gasteiger partial charge in [0.1, 0.15) is 0 Å². The van der Waals surface area contributed by atoms with Gasteiger partial charge >= 0.3 is 7.12 Å². The van der Waals surface area contributed by atoms with Crippen molar-refractivity contribution in [3.8, 4) is 0 Å². The topological polar surface area (TPSA) is 55.8 Å². The zero-order valence-electron chi connectivity index (χ0n) is 14.9. The van der Waals surface area contributed by atoms with Gasteiger partial charge in [-0.1, -0.05) is 18.6 Å². The van der Waals surface area contributed by atoms with Gasteiger partial charge in [-0.15, -0.1) is 0 Å². The molecule has 0 aliphatic carbocycles. The minimum Gasteiger partial charge on any atom is -0.399 e. The number of piperidine rings is 1. The van der Waals surface area contributed by atoms with Crippen LogP contribution in [0.5, 0.6) is 0 Å². The lowest BCUT2D eigenvalue weighted by molar-refractivity contribution is 0.00578. The van der Waals surface area contributed by atoms with Gasteiger partial charge in [-0.25, -0.2) is 8.42 Å². The molecule has 132 valence electrons. The van der Waals surface area contributed by atoms with E-state index >= 15 is 0 Å². The lowest BCUT2D eigenvalue weighted by Crippen LogP contribution is -2.41. The minimum absolute atomic E-state index is 0.316. The second-order valence-corrected chi connectivity index (χ2v) is 9.56. The van der Waals surface area contributed by atoms with Crippen molar-refractivity contribution in [2.45, 2.75) is 63.1 Å². The molecule has 0 saturated carbocycles. The maximum atomic E-state index is 12.9. The van der Waals surface area contributed by atoms with Gasteiger partial charge in [0, 0.05) is 13.1 Å². The Morgan fingerprint density at radius 3 is 2.17 bits per heavy atom. The molecule has 0 amide bonds. The summed E-state index contributed by atoms with van der Waals surface area (Å²) in [6.45, 7) is 9.15. The van der Waals surface area contributed by atoms with Crippen molar-refractivity contribution in [3.05, 3.63) is 24.3 Å². The van der Waals surface area contributed by atoms with Gasteiger partial charge in [-0.3, -0.25) is 0 Å². The fraction of sp³-hybridized carbons (Fsp3) is 0.647. The molecule has 7 heteroatoms. The summed E-state index contributed by atoms with van der Waals surface area (Å²) in [4.78, 5) is 0.316. The Bertz CT molecular complexity index is 695. The van der Waals surface area contributed by atoms with Crippen LogP contribution in [-0.4, -0.2) is 44.1 Å². The van der Waals surface area contributed by atoms with E-state index in [9.17, 15) is 8.42 Å². The van der Waals surface area contributed by atoms with Crippen molar-refractivity contribution in [2.75, 3.05) is 13.1 Å². The first-order chi connectivity index (χ1) is 11.1. The van der Waals surface area contributed by atoms with Crippen LogP contribution in [0.25, 0.3) is 0 Å². The second-order valence-electron chi connectivity index (χ2n) is 7.63. The molecule has 3 rings (SSSR count). The van der Waals surface area contributed by atoms with Crippen LogP contribution < -0.4 is 5.46 Å². The third kappa shape index (κ3) is 3.15. The molecule has 0 unspecified atom stereocenters. The molecule has 2 heterocycles. The van der Waals surface area contributed by atoms with E-state index in [1.54, 1.807) is 22.5 Å². The molecule has 0 N–H and O–H groups in total. The molecule has 24 heavy (non-hydrogen) atoms. The Labute approximate surface area is 145 Å². The second kappa shape index (κ2) is 6.13. The number of benzene rings is 1. The Kier molecular flexibility index (Phi) is 4.58. The highest BCUT2D eigenvalue weighted by Crippen LogP contribution is 2.36. The summed E-state index contributed by atoms with van der Waals surface area (Å²) >= 11 is 0. The van der Waals surface area contributed by atoms with E-state index in [4.69, 9.17) is 9.31 Å². The van der Waals surface area contributed by atoms with Crippen LogP contribution in [0, 0.1) is 0 Å². The summed E-state index contributed by atoms with van der Waals surface area (Å²) in [7, 11) is -4.00. The molecule has 0 radical (unpaired) electrons. The van der Waals surface area contributed by atoms with Crippen molar-refractivity contribution in [1.29, 1.82) is 0 Å². The van der Waals surface area contributed by atoms with E-state index in [0.717, 1.165) is 24.7 Å². The number of sulfonamides is 1. The summed E-state index contributed by atoms with van der Waals surface area (Å²) < 4.78 is 39.4. The van der Waals surface area contributed by atoms with E-state index in [0.29, 0.717) is 18.0 Å². The average Bonchev–Trinajstić information content (AvgIpc) is 2.76. The average molecular weight is 351 g/mol. The third-order valence-electron chi connectivity index (χ3n) is 5.34. The van der Waals surface area contributed by atoms with Gasteiger partial charge in [0.15, 0.2) is 0 Å². The zero-order chi connectivity index (χ0) is 17.6. The Balaban J connectivity index is 1.88. The number of nitrogens with zero attached hydrogens (tertiary/aromatic N) is 1. The molecule has 0 bridgehead atoms. The molecule has 2 aliphatic rings. The molecule has 2 fully saturated rings. The summed E-state index contributed by atoms with van der Waals surface area (Å²) in [6.07, 6.45) is 2.95. The minimum atomic E-state index is -3.45. The largest absolute Gasteiger partial charge is 0.494 e. The fourth-order valence-electron chi connectivity index (χ4n) is 3.06. The quantitative estimate of drug-likeness (QED) is 0.783. The monoisotopic (exact) mass is 351 g/mol. The van der Waals surface area contributed by atoms with Gasteiger partial charge in [-0.2, -0.15) is 4.31 Å². The summed E-state index contributed by atoms with van der Waals surface area (Å²) in [5.41, 5.74) is -0.148. The zero-order valence-corrected chi connectivity index (χ0v) is 15.7. The van der Waals surface area contributed by atoms with Crippen molar-refractivity contribution in [3.63, 3.8) is 0 Å². The van der Waals surface area contributed by atoms with E-state index < -0.39 is 28.3 Å². The van der Waals surface area contributed by atoms with Crippen LogP contribution in [-0.2, 0) is 19.3 Å². The van der Waals surface area contributed by atoms with E-state index in [1.165, 1.54) is 0 Å². The van der Waals surface area contributed by atoms with Crippen molar-refractivity contribution in [2.24, 2.45) is 0 Å². The van der Waals surface area contributed by atoms with Crippen molar-refractivity contribution < 1.29 is 17.7 Å². The molecule has 2 aliphatic heterocycles. The summed E-state index contributed by atoms with van der Waals surface area (Å²) in [5, 5.41) is 0. The molecular weight excluding hydrogens is 325 g/mol. The van der Waals surface area contributed by atoms with Crippen LogP contribution in [0.3, 0.4) is 0 Å². The first kappa shape index (κ1) is 17.9. The number of hydrogen-bond acceptors (Lipinski definition) is 4. The Hall–Kier alpha value is -0.885. The SMILES string of the molecule is CC1(C)OB(c2cccc(S(=O)(=O)N3CCCCC3)c2)OC1(C)C. The Morgan fingerprint density at radius 2 is 1.58 bits per heavy atom. The highest BCUT2D eigenvalue weighted by atomic mass is 32.2. The van der Waals surface area contributed by atoms with Crippen molar-refractivity contribution in [1.82, 2.24) is 4.31 Å². The number of rotatable bonds is 3. The van der Waals surface area contributed by atoms with E-state index in [2.05, 4.69) is 0 Å². The van der Waals surface area contributed by atoms with Crippen LogP contribution in [0.1, 0.15) is 47.0 Å². The van der Waals surface area contributed by atoms with Gasteiger partial charge in [0.25, 0.3) is 0 Å². The van der Waals surface area contributed by atoms with Gasteiger partial charge in [0.2, 0.25) is 10.0 Å². The maximum absolute atomic E-state index is 12.9. The normalized spacial score (nSPS) is 24.2. The highest BCUT2D eigenvalue weighted by molar-refractivity contribution is 7.89. The fourth-order valence-corrected chi connectivity index (χ4v) is 4.63. The molecule has 1 aromatic carbocycles. The predicted octanol–water partition coefficient (Wildman–Crippen LogP) is 2.16. The van der Waals surface area contributed by atoms with Crippen LogP contribution >= 0.6 is 0 Å². The molecule has 2 saturated heterocycles. The lowest BCUT2D eigenvalue weighted by Gasteiger charge is -2.32.